The lowest BCUT2D eigenvalue weighted by atomic mass is 10.1. The summed E-state index contributed by atoms with van der Waals surface area (Å²) in [6.07, 6.45) is 1.31. The topological polar surface area (TPSA) is 70.2 Å². The summed E-state index contributed by atoms with van der Waals surface area (Å²) in [4.78, 5) is 14.2. The predicted octanol–water partition coefficient (Wildman–Crippen LogP) is 2.78. The summed E-state index contributed by atoms with van der Waals surface area (Å²) in [6, 6.07) is 11.2. The van der Waals surface area contributed by atoms with Crippen molar-refractivity contribution in [3.8, 4) is 0 Å². The van der Waals surface area contributed by atoms with E-state index in [1.807, 2.05) is 44.4 Å². The second kappa shape index (κ2) is 9.34. The molecule has 2 N–H and O–H groups in total. The fraction of sp³-hybridized carbons (Fsp3) is 0.353. The van der Waals surface area contributed by atoms with Gasteiger partial charge in [-0.05, 0) is 50.8 Å². The number of anilines is 2. The largest absolute Gasteiger partial charge is 0.369 e. The van der Waals surface area contributed by atoms with E-state index in [0.717, 1.165) is 29.5 Å². The average Bonchev–Trinajstić information content (AvgIpc) is 2.55. The van der Waals surface area contributed by atoms with Crippen molar-refractivity contribution in [2.75, 3.05) is 37.8 Å². The highest BCUT2D eigenvalue weighted by molar-refractivity contribution is 9.10. The molecule has 1 amide bonds. The first kappa shape index (κ1) is 18.4. The molecule has 6 nitrogen and oxygen atoms in total. The Hall–Kier alpha value is -1.99. The SMILES string of the molecule is CN(C)CCCNc1ccc(NC(=O)Cc2ccccc2Br)nn1. The van der Waals surface area contributed by atoms with Gasteiger partial charge in [-0.25, -0.2) is 0 Å². The molecule has 0 spiro atoms. The van der Waals surface area contributed by atoms with Crippen LogP contribution < -0.4 is 10.6 Å². The maximum atomic E-state index is 12.1. The third-order valence-electron chi connectivity index (χ3n) is 3.33. The summed E-state index contributed by atoms with van der Waals surface area (Å²) in [5.41, 5.74) is 0.933. The maximum absolute atomic E-state index is 12.1. The number of aromatic nitrogens is 2. The van der Waals surface area contributed by atoms with E-state index < -0.39 is 0 Å². The van der Waals surface area contributed by atoms with Gasteiger partial charge >= 0.3 is 0 Å². The molecule has 1 aromatic heterocycles. The lowest BCUT2D eigenvalue weighted by Gasteiger charge is -2.10. The highest BCUT2D eigenvalue weighted by atomic mass is 79.9. The van der Waals surface area contributed by atoms with Crippen LogP contribution in [0.25, 0.3) is 0 Å². The van der Waals surface area contributed by atoms with Crippen LogP contribution in [0.3, 0.4) is 0 Å². The van der Waals surface area contributed by atoms with Gasteiger partial charge in [0.25, 0.3) is 0 Å². The molecular weight excluding hydrogens is 370 g/mol. The summed E-state index contributed by atoms with van der Waals surface area (Å²) in [7, 11) is 4.09. The number of nitrogens with one attached hydrogen (secondary N) is 2. The minimum atomic E-state index is -0.122. The van der Waals surface area contributed by atoms with Crippen LogP contribution in [-0.4, -0.2) is 48.2 Å². The van der Waals surface area contributed by atoms with Crippen LogP contribution in [0, 0.1) is 0 Å². The van der Waals surface area contributed by atoms with Crippen molar-refractivity contribution in [1.82, 2.24) is 15.1 Å². The molecular formula is C17H22BrN5O. The lowest BCUT2D eigenvalue weighted by molar-refractivity contribution is -0.115. The molecule has 128 valence electrons. The molecule has 24 heavy (non-hydrogen) atoms. The first-order valence-electron chi connectivity index (χ1n) is 7.80. The van der Waals surface area contributed by atoms with Crippen molar-refractivity contribution in [1.29, 1.82) is 0 Å². The molecule has 0 saturated heterocycles. The highest BCUT2D eigenvalue weighted by Crippen LogP contribution is 2.17. The van der Waals surface area contributed by atoms with Gasteiger partial charge < -0.3 is 15.5 Å². The number of benzene rings is 1. The summed E-state index contributed by atoms with van der Waals surface area (Å²) >= 11 is 3.44. The fourth-order valence-corrected chi connectivity index (χ4v) is 2.53. The Balaban J connectivity index is 1.80. The van der Waals surface area contributed by atoms with E-state index in [1.54, 1.807) is 6.07 Å². The molecule has 7 heteroatoms. The van der Waals surface area contributed by atoms with Gasteiger partial charge in [0.15, 0.2) is 5.82 Å². The van der Waals surface area contributed by atoms with Crippen molar-refractivity contribution in [2.24, 2.45) is 0 Å². The van der Waals surface area contributed by atoms with Gasteiger partial charge in [-0.2, -0.15) is 0 Å². The summed E-state index contributed by atoms with van der Waals surface area (Å²) < 4.78 is 0.920. The molecule has 0 bridgehead atoms. The molecule has 0 radical (unpaired) electrons. The molecule has 0 aliphatic heterocycles. The molecule has 0 saturated carbocycles. The molecule has 0 aliphatic carbocycles. The van der Waals surface area contributed by atoms with Gasteiger partial charge in [0.05, 0.1) is 6.42 Å². The first-order chi connectivity index (χ1) is 11.5. The monoisotopic (exact) mass is 391 g/mol. The third-order valence-corrected chi connectivity index (χ3v) is 4.10. The van der Waals surface area contributed by atoms with Gasteiger partial charge in [0, 0.05) is 11.0 Å². The summed E-state index contributed by atoms with van der Waals surface area (Å²) in [6.45, 7) is 1.85. The number of hydrogen-bond acceptors (Lipinski definition) is 5. The van der Waals surface area contributed by atoms with Crippen LogP contribution in [0.4, 0.5) is 11.6 Å². The summed E-state index contributed by atoms with van der Waals surface area (Å²) in [5, 5.41) is 14.1. The average molecular weight is 392 g/mol. The van der Waals surface area contributed by atoms with Crippen molar-refractivity contribution >= 4 is 33.5 Å². The molecule has 2 rings (SSSR count). The standard InChI is InChI=1S/C17H22BrN5O/c1-23(2)11-5-10-19-15-8-9-16(22-21-15)20-17(24)12-13-6-3-4-7-14(13)18/h3-4,6-9H,5,10-12H2,1-2H3,(H,19,21)(H,20,22,24). The zero-order chi connectivity index (χ0) is 17.4. The van der Waals surface area contributed by atoms with Crippen LogP contribution in [0.5, 0.6) is 0 Å². The van der Waals surface area contributed by atoms with E-state index in [1.165, 1.54) is 0 Å². The van der Waals surface area contributed by atoms with E-state index in [9.17, 15) is 4.79 Å². The Morgan fingerprint density at radius 2 is 1.83 bits per heavy atom. The van der Waals surface area contributed by atoms with Crippen molar-refractivity contribution in [3.05, 3.63) is 46.4 Å². The van der Waals surface area contributed by atoms with Crippen LogP contribution in [-0.2, 0) is 11.2 Å². The Labute approximate surface area is 150 Å². The van der Waals surface area contributed by atoms with Crippen molar-refractivity contribution in [3.63, 3.8) is 0 Å². The molecule has 1 heterocycles. The van der Waals surface area contributed by atoms with Gasteiger partial charge in [0.2, 0.25) is 5.91 Å². The van der Waals surface area contributed by atoms with Gasteiger partial charge in [-0.1, -0.05) is 34.1 Å². The Morgan fingerprint density at radius 3 is 2.50 bits per heavy atom. The second-order valence-electron chi connectivity index (χ2n) is 5.70. The zero-order valence-electron chi connectivity index (χ0n) is 13.9. The minimum Gasteiger partial charge on any atom is -0.369 e. The number of halogens is 1. The molecule has 1 aromatic carbocycles. The van der Waals surface area contributed by atoms with E-state index in [2.05, 4.69) is 41.7 Å². The number of rotatable bonds is 8. The Morgan fingerprint density at radius 1 is 1.12 bits per heavy atom. The van der Waals surface area contributed by atoms with E-state index in [4.69, 9.17) is 0 Å². The molecule has 0 aliphatic rings. The van der Waals surface area contributed by atoms with E-state index >= 15 is 0 Å². The van der Waals surface area contributed by atoms with Crippen molar-refractivity contribution in [2.45, 2.75) is 12.8 Å². The quantitative estimate of drug-likeness (QED) is 0.677. The number of carbonyl (C=O) groups is 1. The Bertz CT molecular complexity index is 660. The molecule has 2 aromatic rings. The number of nitrogens with zero attached hydrogens (tertiary/aromatic N) is 3. The lowest BCUT2D eigenvalue weighted by Crippen LogP contribution is -2.17. The zero-order valence-corrected chi connectivity index (χ0v) is 15.5. The number of hydrogen-bond donors (Lipinski definition) is 2. The predicted molar refractivity (Wildman–Crippen MR) is 100 cm³/mol. The fourth-order valence-electron chi connectivity index (χ4n) is 2.11. The van der Waals surface area contributed by atoms with E-state index in [-0.39, 0.29) is 12.3 Å². The van der Waals surface area contributed by atoms with Crippen molar-refractivity contribution < 1.29 is 4.79 Å². The highest BCUT2D eigenvalue weighted by Gasteiger charge is 2.08. The molecule has 0 atom stereocenters. The second-order valence-corrected chi connectivity index (χ2v) is 6.56. The smallest absolute Gasteiger partial charge is 0.230 e. The summed E-state index contributed by atoms with van der Waals surface area (Å²) in [5.74, 6) is 1.03. The first-order valence-corrected chi connectivity index (χ1v) is 8.59. The minimum absolute atomic E-state index is 0.122. The normalized spacial score (nSPS) is 10.7. The Kier molecular flexibility index (Phi) is 7.14. The van der Waals surface area contributed by atoms with E-state index in [0.29, 0.717) is 11.6 Å². The van der Waals surface area contributed by atoms with Gasteiger partial charge in [-0.15, -0.1) is 10.2 Å². The molecule has 0 unspecified atom stereocenters. The molecule has 0 fully saturated rings. The number of amides is 1. The van der Waals surface area contributed by atoms with Crippen LogP contribution in [0.1, 0.15) is 12.0 Å². The van der Waals surface area contributed by atoms with Gasteiger partial charge in [0.1, 0.15) is 5.82 Å². The van der Waals surface area contributed by atoms with Crippen LogP contribution >= 0.6 is 15.9 Å². The maximum Gasteiger partial charge on any atom is 0.230 e. The van der Waals surface area contributed by atoms with Gasteiger partial charge in [-0.3, -0.25) is 4.79 Å². The van der Waals surface area contributed by atoms with Crippen LogP contribution in [0.15, 0.2) is 40.9 Å². The number of carbonyl (C=O) groups excluding carboxylic acids is 1. The van der Waals surface area contributed by atoms with Crippen LogP contribution in [0.2, 0.25) is 0 Å². The third kappa shape index (κ3) is 6.25.